The highest BCUT2D eigenvalue weighted by atomic mass is 16.5. The summed E-state index contributed by atoms with van der Waals surface area (Å²) in [7, 11) is 1.31. The average molecular weight is 338 g/mol. The van der Waals surface area contributed by atoms with E-state index in [1.807, 2.05) is 42.5 Å². The van der Waals surface area contributed by atoms with Gasteiger partial charge in [0.15, 0.2) is 0 Å². The van der Waals surface area contributed by atoms with Crippen molar-refractivity contribution in [2.45, 2.75) is 13.0 Å². The third-order valence-corrected chi connectivity index (χ3v) is 3.87. The van der Waals surface area contributed by atoms with Gasteiger partial charge < -0.3 is 20.1 Å². The quantitative estimate of drug-likeness (QED) is 0.839. The molecule has 128 valence electrons. The summed E-state index contributed by atoms with van der Waals surface area (Å²) in [6.45, 7) is 1.67. The van der Waals surface area contributed by atoms with E-state index >= 15 is 0 Å². The van der Waals surface area contributed by atoms with Gasteiger partial charge in [-0.2, -0.15) is 0 Å². The number of urea groups is 1. The fourth-order valence-corrected chi connectivity index (χ4v) is 2.68. The standard InChI is InChI=1S/C19H18N2O4/c1-12-16(18(22)24-2)17(21-19(23)20-12)13-8-10-15(11-9-13)25-14-6-4-3-5-7-14/h3-11,17H,1-2H3,(H2,20,21,23). The van der Waals surface area contributed by atoms with Gasteiger partial charge in [0.25, 0.3) is 0 Å². The van der Waals surface area contributed by atoms with Crippen molar-refractivity contribution in [1.82, 2.24) is 10.6 Å². The molecule has 0 radical (unpaired) electrons. The molecule has 6 heteroatoms. The van der Waals surface area contributed by atoms with Gasteiger partial charge in [-0.25, -0.2) is 9.59 Å². The van der Waals surface area contributed by atoms with Crippen molar-refractivity contribution in [2.75, 3.05) is 7.11 Å². The number of benzene rings is 2. The Bertz CT molecular complexity index is 813. The molecule has 2 N–H and O–H groups in total. The summed E-state index contributed by atoms with van der Waals surface area (Å²) >= 11 is 0. The van der Waals surface area contributed by atoms with Gasteiger partial charge in [0.05, 0.1) is 18.7 Å². The first-order valence-electron chi connectivity index (χ1n) is 7.78. The van der Waals surface area contributed by atoms with Crippen LogP contribution in [0.4, 0.5) is 4.79 Å². The third kappa shape index (κ3) is 3.63. The lowest BCUT2D eigenvalue weighted by Crippen LogP contribution is -2.45. The molecule has 2 amide bonds. The number of para-hydroxylation sites is 1. The molecule has 0 saturated carbocycles. The zero-order valence-corrected chi connectivity index (χ0v) is 13.9. The number of carbonyl (C=O) groups excluding carboxylic acids is 2. The predicted octanol–water partition coefficient (Wildman–Crippen LogP) is 3.28. The Balaban J connectivity index is 1.86. The van der Waals surface area contributed by atoms with Gasteiger partial charge in [-0.3, -0.25) is 0 Å². The smallest absolute Gasteiger partial charge is 0.337 e. The van der Waals surface area contributed by atoms with Crippen LogP contribution in [-0.2, 0) is 9.53 Å². The second-order valence-corrected chi connectivity index (χ2v) is 5.55. The van der Waals surface area contributed by atoms with Gasteiger partial charge in [0, 0.05) is 5.70 Å². The Hall–Kier alpha value is -3.28. The number of esters is 1. The molecule has 2 aromatic carbocycles. The van der Waals surface area contributed by atoms with Crippen LogP contribution in [0.25, 0.3) is 0 Å². The Morgan fingerprint density at radius 3 is 2.28 bits per heavy atom. The first kappa shape index (κ1) is 16.6. The van der Waals surface area contributed by atoms with Crippen LogP contribution >= 0.6 is 0 Å². The van der Waals surface area contributed by atoms with Gasteiger partial charge in [-0.1, -0.05) is 30.3 Å². The highest BCUT2D eigenvalue weighted by molar-refractivity contribution is 5.94. The molecule has 1 heterocycles. The first-order chi connectivity index (χ1) is 12.1. The van der Waals surface area contributed by atoms with Crippen LogP contribution in [0.1, 0.15) is 18.5 Å². The van der Waals surface area contributed by atoms with Gasteiger partial charge in [0.1, 0.15) is 11.5 Å². The maximum Gasteiger partial charge on any atom is 0.337 e. The number of carbonyl (C=O) groups is 2. The maximum absolute atomic E-state index is 12.1. The Morgan fingerprint density at radius 1 is 1.00 bits per heavy atom. The molecule has 0 fully saturated rings. The number of methoxy groups -OCH3 is 1. The molecule has 0 bridgehead atoms. The van der Waals surface area contributed by atoms with E-state index in [1.165, 1.54) is 7.11 Å². The summed E-state index contributed by atoms with van der Waals surface area (Å²) in [5, 5.41) is 5.34. The van der Waals surface area contributed by atoms with Gasteiger partial charge >= 0.3 is 12.0 Å². The lowest BCUT2D eigenvalue weighted by molar-refractivity contribution is -0.136. The summed E-state index contributed by atoms with van der Waals surface area (Å²) in [6, 6.07) is 15.7. The van der Waals surface area contributed by atoms with E-state index in [1.54, 1.807) is 19.1 Å². The minimum atomic E-state index is -0.577. The molecule has 0 saturated heterocycles. The zero-order chi connectivity index (χ0) is 17.8. The largest absolute Gasteiger partial charge is 0.466 e. The molecular weight excluding hydrogens is 320 g/mol. The van der Waals surface area contributed by atoms with Crippen molar-refractivity contribution in [1.29, 1.82) is 0 Å². The molecule has 1 aliphatic rings. The Labute approximate surface area is 145 Å². The minimum absolute atomic E-state index is 0.361. The highest BCUT2D eigenvalue weighted by Gasteiger charge is 2.31. The lowest BCUT2D eigenvalue weighted by atomic mass is 9.95. The molecule has 0 spiro atoms. The summed E-state index contributed by atoms with van der Waals surface area (Å²) in [4.78, 5) is 23.9. The molecule has 3 rings (SSSR count). The van der Waals surface area contributed by atoms with Crippen molar-refractivity contribution in [2.24, 2.45) is 0 Å². The molecule has 6 nitrogen and oxygen atoms in total. The van der Waals surface area contributed by atoms with E-state index < -0.39 is 12.0 Å². The topological polar surface area (TPSA) is 76.7 Å². The number of hydrogen-bond donors (Lipinski definition) is 2. The van der Waals surface area contributed by atoms with Crippen LogP contribution in [0.15, 0.2) is 65.9 Å². The van der Waals surface area contributed by atoms with Crippen molar-refractivity contribution in [3.05, 3.63) is 71.4 Å². The monoisotopic (exact) mass is 338 g/mol. The van der Waals surface area contributed by atoms with Crippen LogP contribution in [0.3, 0.4) is 0 Å². The van der Waals surface area contributed by atoms with Crippen LogP contribution < -0.4 is 15.4 Å². The number of nitrogens with one attached hydrogen (secondary N) is 2. The Morgan fingerprint density at radius 2 is 1.64 bits per heavy atom. The van der Waals surface area contributed by atoms with Gasteiger partial charge in [0.2, 0.25) is 0 Å². The highest BCUT2D eigenvalue weighted by Crippen LogP contribution is 2.29. The van der Waals surface area contributed by atoms with Crippen LogP contribution in [0.5, 0.6) is 11.5 Å². The molecule has 1 atom stereocenters. The number of hydrogen-bond acceptors (Lipinski definition) is 4. The normalized spacial score (nSPS) is 16.7. The molecule has 0 aromatic heterocycles. The first-order valence-corrected chi connectivity index (χ1v) is 7.78. The van der Waals surface area contributed by atoms with Gasteiger partial charge in [-0.05, 0) is 36.8 Å². The van der Waals surface area contributed by atoms with Crippen molar-refractivity contribution in [3.8, 4) is 11.5 Å². The second-order valence-electron chi connectivity index (χ2n) is 5.55. The fraction of sp³-hybridized carbons (Fsp3) is 0.158. The van der Waals surface area contributed by atoms with E-state index in [0.717, 1.165) is 11.3 Å². The van der Waals surface area contributed by atoms with E-state index in [9.17, 15) is 9.59 Å². The van der Waals surface area contributed by atoms with Gasteiger partial charge in [-0.15, -0.1) is 0 Å². The zero-order valence-electron chi connectivity index (χ0n) is 13.9. The Kier molecular flexibility index (Phi) is 4.70. The van der Waals surface area contributed by atoms with Crippen molar-refractivity contribution >= 4 is 12.0 Å². The number of amides is 2. The number of ether oxygens (including phenoxy) is 2. The van der Waals surface area contributed by atoms with Crippen LogP contribution in [-0.4, -0.2) is 19.1 Å². The fourth-order valence-electron chi connectivity index (χ4n) is 2.68. The third-order valence-electron chi connectivity index (χ3n) is 3.87. The molecule has 1 unspecified atom stereocenters. The van der Waals surface area contributed by atoms with E-state index in [2.05, 4.69) is 10.6 Å². The number of rotatable bonds is 4. The minimum Gasteiger partial charge on any atom is -0.466 e. The van der Waals surface area contributed by atoms with E-state index in [-0.39, 0.29) is 6.03 Å². The summed E-state index contributed by atoms with van der Waals surface area (Å²) in [5.41, 5.74) is 1.61. The van der Waals surface area contributed by atoms with E-state index in [0.29, 0.717) is 17.0 Å². The molecule has 25 heavy (non-hydrogen) atoms. The van der Waals surface area contributed by atoms with Crippen molar-refractivity contribution in [3.63, 3.8) is 0 Å². The summed E-state index contributed by atoms with van der Waals surface area (Å²) < 4.78 is 10.6. The summed E-state index contributed by atoms with van der Waals surface area (Å²) in [6.07, 6.45) is 0. The van der Waals surface area contributed by atoms with Crippen LogP contribution in [0.2, 0.25) is 0 Å². The summed E-state index contributed by atoms with van der Waals surface area (Å²) in [5.74, 6) is 0.909. The molecule has 2 aromatic rings. The van der Waals surface area contributed by atoms with E-state index in [4.69, 9.17) is 9.47 Å². The predicted molar refractivity (Wildman–Crippen MR) is 92.1 cm³/mol. The van der Waals surface area contributed by atoms with Crippen LogP contribution in [0, 0.1) is 0 Å². The second kappa shape index (κ2) is 7.09. The maximum atomic E-state index is 12.1. The molecule has 0 aliphatic carbocycles. The number of allylic oxidation sites excluding steroid dienone is 1. The van der Waals surface area contributed by atoms with Crippen molar-refractivity contribution < 1.29 is 19.1 Å². The SMILES string of the molecule is COC(=O)C1=C(C)NC(=O)NC1c1ccc(Oc2ccccc2)cc1. The molecular formula is C19H18N2O4. The lowest BCUT2D eigenvalue weighted by Gasteiger charge is -2.27. The molecule has 1 aliphatic heterocycles. The average Bonchev–Trinajstić information content (AvgIpc) is 2.62.